The van der Waals surface area contributed by atoms with Crippen LogP contribution in [0.1, 0.15) is 28.3 Å². The van der Waals surface area contributed by atoms with Crippen molar-refractivity contribution in [1.29, 1.82) is 0 Å². The van der Waals surface area contributed by atoms with Crippen molar-refractivity contribution < 1.29 is 4.79 Å². The van der Waals surface area contributed by atoms with E-state index >= 15 is 0 Å². The molecule has 1 amide bonds. The summed E-state index contributed by atoms with van der Waals surface area (Å²) in [6, 6.07) is 16.2. The van der Waals surface area contributed by atoms with Crippen LogP contribution in [-0.4, -0.2) is 36.9 Å². The largest absolute Gasteiger partial charge is 0.347 e. The Morgan fingerprint density at radius 1 is 1.00 bits per heavy atom. The monoisotopic (exact) mass is 310 g/mol. The Bertz CT molecular complexity index is 665. The molecule has 2 aromatic carbocycles. The summed E-state index contributed by atoms with van der Waals surface area (Å²) in [7, 11) is 5.63. The molecule has 122 valence electrons. The first-order chi connectivity index (χ1) is 10.9. The second-order valence-corrected chi connectivity index (χ2v) is 6.39. The predicted molar refractivity (Wildman–Crippen MR) is 95.3 cm³/mol. The molecule has 0 radical (unpaired) electrons. The average Bonchev–Trinajstić information content (AvgIpc) is 2.51. The van der Waals surface area contributed by atoms with Gasteiger partial charge in [-0.25, -0.2) is 0 Å². The van der Waals surface area contributed by atoms with Crippen molar-refractivity contribution >= 4 is 5.91 Å². The van der Waals surface area contributed by atoms with Gasteiger partial charge in [0, 0.05) is 20.6 Å². The van der Waals surface area contributed by atoms with Gasteiger partial charge in [-0.05, 0) is 37.6 Å². The summed E-state index contributed by atoms with van der Waals surface area (Å²) in [6.07, 6.45) is 0. The van der Waals surface area contributed by atoms with Crippen LogP contribution >= 0.6 is 0 Å². The van der Waals surface area contributed by atoms with E-state index in [0.717, 1.165) is 12.1 Å². The van der Waals surface area contributed by atoms with Gasteiger partial charge in [0.25, 0.3) is 0 Å². The molecule has 3 nitrogen and oxygen atoms in total. The molecule has 0 heterocycles. The van der Waals surface area contributed by atoms with Gasteiger partial charge in [-0.2, -0.15) is 0 Å². The Kier molecular flexibility index (Phi) is 5.56. The van der Waals surface area contributed by atoms with Crippen LogP contribution in [0.4, 0.5) is 0 Å². The van der Waals surface area contributed by atoms with Crippen molar-refractivity contribution in [1.82, 2.24) is 9.80 Å². The van der Waals surface area contributed by atoms with E-state index < -0.39 is 0 Å². The molecule has 23 heavy (non-hydrogen) atoms. The third-order valence-electron chi connectivity index (χ3n) is 4.15. The number of likely N-dealkylation sites (N-methyl/N-ethyl adjacent to an activating group) is 2. The van der Waals surface area contributed by atoms with Crippen LogP contribution in [-0.2, 0) is 11.3 Å². The lowest BCUT2D eigenvalue weighted by Crippen LogP contribution is -2.38. The lowest BCUT2D eigenvalue weighted by molar-refractivity contribution is -0.134. The summed E-state index contributed by atoms with van der Waals surface area (Å²) in [5.41, 5.74) is 4.81. The lowest BCUT2D eigenvalue weighted by Gasteiger charge is -2.30. The number of benzene rings is 2. The minimum absolute atomic E-state index is 0.100. The summed E-state index contributed by atoms with van der Waals surface area (Å²) in [6.45, 7) is 4.97. The van der Waals surface area contributed by atoms with E-state index in [9.17, 15) is 4.79 Å². The van der Waals surface area contributed by atoms with Crippen LogP contribution in [0.5, 0.6) is 0 Å². The van der Waals surface area contributed by atoms with E-state index in [1.165, 1.54) is 16.7 Å². The van der Waals surface area contributed by atoms with Gasteiger partial charge in [-0.15, -0.1) is 0 Å². The zero-order chi connectivity index (χ0) is 17.0. The number of hydrogen-bond donors (Lipinski definition) is 0. The van der Waals surface area contributed by atoms with Gasteiger partial charge in [-0.1, -0.05) is 54.1 Å². The average molecular weight is 310 g/mol. The van der Waals surface area contributed by atoms with Crippen LogP contribution in [0.2, 0.25) is 0 Å². The van der Waals surface area contributed by atoms with Crippen LogP contribution < -0.4 is 0 Å². The normalized spacial score (nSPS) is 12.3. The number of amides is 1. The zero-order valence-electron chi connectivity index (χ0n) is 14.7. The second-order valence-electron chi connectivity index (χ2n) is 6.39. The lowest BCUT2D eigenvalue weighted by atomic mass is 10.0. The fourth-order valence-corrected chi connectivity index (χ4v) is 2.85. The van der Waals surface area contributed by atoms with Gasteiger partial charge in [0.2, 0.25) is 5.91 Å². The van der Waals surface area contributed by atoms with Crippen LogP contribution in [0, 0.1) is 13.8 Å². The maximum absolute atomic E-state index is 12.7. The maximum atomic E-state index is 12.7. The molecule has 1 atom stereocenters. The van der Waals surface area contributed by atoms with E-state index in [-0.39, 0.29) is 11.9 Å². The standard InChI is InChI=1S/C20H26N2O/c1-15-11-12-18(16(2)13-15)14-22(5)19(20(23)21(3)4)17-9-7-6-8-10-17/h6-13,19H,14H2,1-5H3. The minimum atomic E-state index is -0.271. The summed E-state index contributed by atoms with van der Waals surface area (Å²) in [5, 5.41) is 0. The summed E-state index contributed by atoms with van der Waals surface area (Å²) < 4.78 is 0. The summed E-state index contributed by atoms with van der Waals surface area (Å²) in [5.74, 6) is 0.100. The third kappa shape index (κ3) is 4.20. The second kappa shape index (κ2) is 7.42. The Labute approximate surface area is 139 Å². The van der Waals surface area contributed by atoms with Gasteiger partial charge in [-0.3, -0.25) is 9.69 Å². The number of carbonyl (C=O) groups excluding carboxylic acids is 1. The molecule has 0 aliphatic heterocycles. The summed E-state index contributed by atoms with van der Waals surface area (Å²) in [4.78, 5) is 16.5. The zero-order valence-corrected chi connectivity index (χ0v) is 14.7. The highest BCUT2D eigenvalue weighted by atomic mass is 16.2. The van der Waals surface area contributed by atoms with E-state index in [4.69, 9.17) is 0 Å². The van der Waals surface area contributed by atoms with Gasteiger partial charge in [0.15, 0.2) is 0 Å². The molecule has 0 aliphatic rings. The molecule has 3 heteroatoms. The number of carbonyl (C=O) groups is 1. The molecule has 0 bridgehead atoms. The van der Waals surface area contributed by atoms with E-state index in [2.05, 4.69) is 36.9 Å². The molecular formula is C20H26N2O. The van der Waals surface area contributed by atoms with Crippen molar-refractivity contribution in [3.8, 4) is 0 Å². The van der Waals surface area contributed by atoms with Crippen molar-refractivity contribution in [3.05, 3.63) is 70.8 Å². The highest BCUT2D eigenvalue weighted by Crippen LogP contribution is 2.24. The van der Waals surface area contributed by atoms with Gasteiger partial charge >= 0.3 is 0 Å². The smallest absolute Gasteiger partial charge is 0.244 e. The Hall–Kier alpha value is -2.13. The molecule has 0 aromatic heterocycles. The van der Waals surface area contributed by atoms with Gasteiger partial charge in [0.05, 0.1) is 0 Å². The Morgan fingerprint density at radius 3 is 2.22 bits per heavy atom. The van der Waals surface area contributed by atoms with Crippen molar-refractivity contribution in [2.75, 3.05) is 21.1 Å². The predicted octanol–water partition coefficient (Wildman–Crippen LogP) is 3.56. The van der Waals surface area contributed by atoms with E-state index in [1.807, 2.05) is 51.5 Å². The molecule has 0 spiro atoms. The van der Waals surface area contributed by atoms with E-state index in [1.54, 1.807) is 4.90 Å². The van der Waals surface area contributed by atoms with Crippen LogP contribution in [0.25, 0.3) is 0 Å². The molecule has 1 unspecified atom stereocenters. The number of aryl methyl sites for hydroxylation is 2. The Morgan fingerprint density at radius 2 is 1.65 bits per heavy atom. The molecule has 0 saturated heterocycles. The molecule has 0 aliphatic carbocycles. The summed E-state index contributed by atoms with van der Waals surface area (Å²) >= 11 is 0. The number of rotatable bonds is 5. The highest BCUT2D eigenvalue weighted by molar-refractivity contribution is 5.82. The number of nitrogens with zero attached hydrogens (tertiary/aromatic N) is 2. The highest BCUT2D eigenvalue weighted by Gasteiger charge is 2.26. The Balaban J connectivity index is 2.30. The van der Waals surface area contributed by atoms with Gasteiger partial charge in [0.1, 0.15) is 6.04 Å². The number of hydrogen-bond acceptors (Lipinski definition) is 2. The minimum Gasteiger partial charge on any atom is -0.347 e. The first-order valence-corrected chi connectivity index (χ1v) is 7.92. The fraction of sp³-hybridized carbons (Fsp3) is 0.350. The van der Waals surface area contributed by atoms with Crippen molar-refractivity contribution in [3.63, 3.8) is 0 Å². The molecule has 0 N–H and O–H groups in total. The third-order valence-corrected chi connectivity index (χ3v) is 4.15. The van der Waals surface area contributed by atoms with Gasteiger partial charge < -0.3 is 4.90 Å². The molecular weight excluding hydrogens is 284 g/mol. The van der Waals surface area contributed by atoms with Crippen molar-refractivity contribution in [2.24, 2.45) is 0 Å². The molecule has 0 fully saturated rings. The van der Waals surface area contributed by atoms with Crippen LogP contribution in [0.3, 0.4) is 0 Å². The van der Waals surface area contributed by atoms with Crippen molar-refractivity contribution in [2.45, 2.75) is 26.4 Å². The quantitative estimate of drug-likeness (QED) is 0.843. The van der Waals surface area contributed by atoms with Crippen LogP contribution in [0.15, 0.2) is 48.5 Å². The molecule has 0 saturated carbocycles. The maximum Gasteiger partial charge on any atom is 0.244 e. The molecule has 2 aromatic rings. The fourth-order valence-electron chi connectivity index (χ4n) is 2.85. The first-order valence-electron chi connectivity index (χ1n) is 7.92. The SMILES string of the molecule is Cc1ccc(CN(C)C(C(=O)N(C)C)c2ccccc2)c(C)c1. The first kappa shape index (κ1) is 17.2. The van der Waals surface area contributed by atoms with E-state index in [0.29, 0.717) is 0 Å². The molecule has 2 rings (SSSR count). The topological polar surface area (TPSA) is 23.6 Å².